The first kappa shape index (κ1) is 26.9. The van der Waals surface area contributed by atoms with Crippen LogP contribution in [0, 0.1) is 11.3 Å². The molecule has 3 N–H and O–H groups in total. The highest BCUT2D eigenvalue weighted by atomic mass is 32.2. The Morgan fingerprint density at radius 2 is 1.61 bits per heavy atom. The van der Waals surface area contributed by atoms with Crippen LogP contribution in [0.25, 0.3) is 11.1 Å². The van der Waals surface area contributed by atoms with Crippen molar-refractivity contribution in [3.63, 3.8) is 0 Å². The molecule has 0 radical (unpaired) electrons. The fraction of sp³-hybridized carbons (Fsp3) is 0.250. The van der Waals surface area contributed by atoms with Gasteiger partial charge in [0.15, 0.2) is 0 Å². The predicted molar refractivity (Wildman–Crippen MR) is 143 cm³/mol. The smallest absolute Gasteiger partial charge is 0.326 e. The quantitative estimate of drug-likeness (QED) is 0.397. The highest BCUT2D eigenvalue weighted by Crippen LogP contribution is 2.27. The zero-order valence-electron chi connectivity index (χ0n) is 20.6. The van der Waals surface area contributed by atoms with Crippen molar-refractivity contribution in [3.8, 4) is 17.2 Å². The van der Waals surface area contributed by atoms with Crippen LogP contribution in [0.5, 0.6) is 0 Å². The van der Waals surface area contributed by atoms with Crippen LogP contribution in [0.1, 0.15) is 30.4 Å². The second-order valence-electron chi connectivity index (χ2n) is 9.01. The summed E-state index contributed by atoms with van der Waals surface area (Å²) >= 11 is 0. The number of carboxylic acid groups (broad SMARTS) is 1. The van der Waals surface area contributed by atoms with E-state index in [1.807, 2.05) is 12.1 Å². The van der Waals surface area contributed by atoms with Crippen molar-refractivity contribution in [1.29, 1.82) is 5.26 Å². The van der Waals surface area contributed by atoms with E-state index in [4.69, 9.17) is 0 Å². The monoisotopic (exact) mass is 532 g/mol. The van der Waals surface area contributed by atoms with Crippen molar-refractivity contribution in [2.75, 3.05) is 18.4 Å². The average Bonchev–Trinajstić information content (AvgIpc) is 2.93. The van der Waals surface area contributed by atoms with Gasteiger partial charge < -0.3 is 15.7 Å². The summed E-state index contributed by atoms with van der Waals surface area (Å²) < 4.78 is 27.8. The lowest BCUT2D eigenvalue weighted by Gasteiger charge is -2.27. The van der Waals surface area contributed by atoms with E-state index >= 15 is 0 Å². The van der Waals surface area contributed by atoms with Gasteiger partial charge in [-0.25, -0.2) is 18.0 Å². The van der Waals surface area contributed by atoms with Crippen LogP contribution in [-0.4, -0.2) is 49.0 Å². The molecule has 1 fully saturated rings. The number of amides is 2. The van der Waals surface area contributed by atoms with Crippen LogP contribution in [0.4, 0.5) is 10.5 Å². The van der Waals surface area contributed by atoms with Crippen LogP contribution < -0.4 is 10.6 Å². The molecule has 196 valence electrons. The molecule has 0 aliphatic carbocycles. The normalized spacial score (nSPS) is 14.7. The third kappa shape index (κ3) is 6.19. The van der Waals surface area contributed by atoms with E-state index in [0.717, 1.165) is 30.4 Å². The highest BCUT2D eigenvalue weighted by molar-refractivity contribution is 7.89. The van der Waals surface area contributed by atoms with Crippen LogP contribution in [0.3, 0.4) is 0 Å². The minimum Gasteiger partial charge on any atom is -0.480 e. The lowest BCUT2D eigenvalue weighted by Crippen LogP contribution is -2.44. The number of anilines is 1. The number of aliphatic carboxylic acids is 1. The van der Waals surface area contributed by atoms with E-state index in [0.29, 0.717) is 24.2 Å². The minimum absolute atomic E-state index is 0.0106. The van der Waals surface area contributed by atoms with Gasteiger partial charge in [-0.1, -0.05) is 61.0 Å². The number of carbonyl (C=O) groups excluding carboxylic acids is 1. The molecular weight excluding hydrogens is 504 g/mol. The Morgan fingerprint density at radius 3 is 2.29 bits per heavy atom. The van der Waals surface area contributed by atoms with Crippen molar-refractivity contribution in [3.05, 3.63) is 83.9 Å². The zero-order chi connectivity index (χ0) is 27.1. The Kier molecular flexibility index (Phi) is 8.41. The molecule has 1 saturated heterocycles. The van der Waals surface area contributed by atoms with Gasteiger partial charge >= 0.3 is 12.0 Å². The lowest BCUT2D eigenvalue weighted by molar-refractivity contribution is -0.139. The molecule has 3 aromatic rings. The molecule has 1 aliphatic rings. The number of urea groups is 1. The number of hydrogen-bond donors (Lipinski definition) is 3. The fourth-order valence-corrected chi connectivity index (χ4v) is 6.11. The first-order valence-corrected chi connectivity index (χ1v) is 13.7. The van der Waals surface area contributed by atoms with Gasteiger partial charge in [-0.05, 0) is 47.7 Å². The maximum Gasteiger partial charge on any atom is 0.326 e. The maximum absolute atomic E-state index is 13.2. The number of sulfonamides is 1. The SMILES string of the molecule is N#Cc1ccccc1-c1ccc(C[C@H](NC(=O)Nc2ccccc2S(=O)(=O)N2CCCCC2)C(=O)O)cc1. The molecule has 9 nitrogen and oxygen atoms in total. The van der Waals surface area contributed by atoms with E-state index in [9.17, 15) is 28.4 Å². The van der Waals surface area contributed by atoms with Crippen LogP contribution >= 0.6 is 0 Å². The van der Waals surface area contributed by atoms with E-state index in [-0.39, 0.29) is 17.0 Å². The minimum atomic E-state index is -3.81. The first-order valence-electron chi connectivity index (χ1n) is 12.3. The Hall–Kier alpha value is -4.20. The van der Waals surface area contributed by atoms with Gasteiger partial charge in [-0.3, -0.25) is 0 Å². The van der Waals surface area contributed by atoms with E-state index in [2.05, 4.69) is 16.7 Å². The predicted octanol–water partition coefficient (Wildman–Crippen LogP) is 4.22. The number of hydrogen-bond acceptors (Lipinski definition) is 5. The molecule has 1 atom stereocenters. The number of nitrogens with one attached hydrogen (secondary N) is 2. The molecule has 38 heavy (non-hydrogen) atoms. The molecule has 0 aromatic heterocycles. The number of piperidine rings is 1. The van der Waals surface area contributed by atoms with Crippen LogP contribution in [-0.2, 0) is 21.2 Å². The van der Waals surface area contributed by atoms with E-state index < -0.39 is 28.1 Å². The molecule has 3 aromatic carbocycles. The summed E-state index contributed by atoms with van der Waals surface area (Å²) in [5.74, 6) is -1.23. The molecule has 1 heterocycles. The summed E-state index contributed by atoms with van der Waals surface area (Å²) in [5, 5.41) is 24.0. The Morgan fingerprint density at radius 1 is 0.947 bits per heavy atom. The van der Waals surface area contributed by atoms with Crippen LogP contribution in [0.2, 0.25) is 0 Å². The highest BCUT2D eigenvalue weighted by Gasteiger charge is 2.29. The fourth-order valence-electron chi connectivity index (χ4n) is 4.44. The van der Waals surface area contributed by atoms with Gasteiger partial charge in [0.1, 0.15) is 10.9 Å². The summed E-state index contributed by atoms with van der Waals surface area (Å²) in [4.78, 5) is 24.6. The van der Waals surface area contributed by atoms with Crippen molar-refractivity contribution < 1.29 is 23.1 Å². The van der Waals surface area contributed by atoms with Gasteiger partial charge in [0.25, 0.3) is 0 Å². The Balaban J connectivity index is 1.46. The van der Waals surface area contributed by atoms with Gasteiger partial charge in [0, 0.05) is 19.5 Å². The number of nitrogens with zero attached hydrogens (tertiary/aromatic N) is 2. The number of nitriles is 1. The van der Waals surface area contributed by atoms with Crippen molar-refractivity contribution in [2.45, 2.75) is 36.6 Å². The zero-order valence-corrected chi connectivity index (χ0v) is 21.4. The van der Waals surface area contributed by atoms with E-state index in [1.54, 1.807) is 48.5 Å². The maximum atomic E-state index is 13.2. The standard InChI is InChI=1S/C28H28N4O5S/c29-19-22-8-2-3-9-23(22)21-14-12-20(13-15-21)18-25(27(33)34)31-28(35)30-24-10-4-5-11-26(24)38(36,37)32-16-6-1-7-17-32/h2-5,8-15,25H,1,6-7,16-18H2,(H,33,34)(H2,30,31,35)/t25-/m0/s1. The molecule has 1 aliphatic heterocycles. The second kappa shape index (κ2) is 11.9. The molecule has 0 unspecified atom stereocenters. The number of para-hydroxylation sites is 1. The first-order chi connectivity index (χ1) is 18.3. The van der Waals surface area contributed by atoms with E-state index in [1.165, 1.54) is 16.4 Å². The van der Waals surface area contributed by atoms with Gasteiger partial charge in [0.2, 0.25) is 10.0 Å². The summed E-state index contributed by atoms with van der Waals surface area (Å²) in [5.41, 5.74) is 2.87. The van der Waals surface area contributed by atoms with Crippen LogP contribution in [0.15, 0.2) is 77.7 Å². The Labute approximate surface area is 221 Å². The molecule has 4 rings (SSSR count). The van der Waals surface area contributed by atoms with Crippen molar-refractivity contribution in [2.24, 2.45) is 0 Å². The topological polar surface area (TPSA) is 140 Å². The van der Waals surface area contributed by atoms with Gasteiger partial charge in [-0.15, -0.1) is 0 Å². The van der Waals surface area contributed by atoms with Gasteiger partial charge in [-0.2, -0.15) is 9.57 Å². The summed E-state index contributed by atoms with van der Waals surface area (Å²) in [7, 11) is -3.81. The molecule has 0 saturated carbocycles. The van der Waals surface area contributed by atoms with Crippen molar-refractivity contribution in [1.82, 2.24) is 9.62 Å². The Bertz CT molecular complexity index is 1460. The third-order valence-corrected chi connectivity index (χ3v) is 8.38. The molecule has 2 amide bonds. The lowest BCUT2D eigenvalue weighted by atomic mass is 9.97. The second-order valence-corrected chi connectivity index (χ2v) is 10.9. The third-order valence-electron chi connectivity index (χ3n) is 6.42. The number of benzene rings is 3. The summed E-state index contributed by atoms with van der Waals surface area (Å²) in [6.07, 6.45) is 2.54. The summed E-state index contributed by atoms with van der Waals surface area (Å²) in [6.45, 7) is 0.843. The van der Waals surface area contributed by atoms with Crippen molar-refractivity contribution >= 4 is 27.7 Å². The molecule has 0 spiro atoms. The molecule has 10 heteroatoms. The number of rotatable bonds is 8. The molecular formula is C28H28N4O5S. The largest absolute Gasteiger partial charge is 0.480 e. The molecule has 0 bridgehead atoms. The van der Waals surface area contributed by atoms with Gasteiger partial charge in [0.05, 0.1) is 17.3 Å². The number of carboxylic acids is 1. The summed E-state index contributed by atoms with van der Waals surface area (Å²) in [6, 6.07) is 20.5. The average molecular weight is 533 g/mol. The number of carbonyl (C=O) groups is 2.